The zero-order valence-electron chi connectivity index (χ0n) is 10.4. The quantitative estimate of drug-likeness (QED) is 0.819. The summed E-state index contributed by atoms with van der Waals surface area (Å²) in [5, 5.41) is 2.77. The van der Waals surface area contributed by atoms with Crippen molar-refractivity contribution in [1.82, 2.24) is 4.98 Å². The van der Waals surface area contributed by atoms with Crippen LogP contribution in [-0.4, -0.2) is 24.0 Å². The van der Waals surface area contributed by atoms with Crippen LogP contribution in [0.2, 0.25) is 10.0 Å². The van der Waals surface area contributed by atoms with Crippen LogP contribution in [0.15, 0.2) is 12.3 Å². The lowest BCUT2D eigenvalue weighted by Gasteiger charge is -2.25. The summed E-state index contributed by atoms with van der Waals surface area (Å²) in [5.74, 6) is 0. The third-order valence-electron chi connectivity index (χ3n) is 3.36. The highest BCUT2D eigenvalue weighted by molar-refractivity contribution is 8.01. The zero-order valence-corrected chi connectivity index (χ0v) is 12.8. The summed E-state index contributed by atoms with van der Waals surface area (Å²) in [4.78, 5) is 3.20. The van der Waals surface area contributed by atoms with Gasteiger partial charge in [0.25, 0.3) is 0 Å². The van der Waals surface area contributed by atoms with Gasteiger partial charge in [0.2, 0.25) is 0 Å². The molecule has 3 nitrogen and oxygen atoms in total. The third kappa shape index (κ3) is 2.42. The zero-order chi connectivity index (χ0) is 13.4. The van der Waals surface area contributed by atoms with Crippen molar-refractivity contribution in [3.05, 3.63) is 27.9 Å². The molecular weight excluding hydrogens is 303 g/mol. The number of ether oxygens (including phenoxy) is 1. The molecule has 19 heavy (non-hydrogen) atoms. The summed E-state index contributed by atoms with van der Waals surface area (Å²) in [6, 6.07) is 2.02. The van der Waals surface area contributed by atoms with Crippen LogP contribution in [0.5, 0.6) is 0 Å². The second-order valence-electron chi connectivity index (χ2n) is 4.61. The normalized spacial score (nSPS) is 18.4. The second kappa shape index (κ2) is 5.44. The molecule has 1 aromatic carbocycles. The first-order valence-electron chi connectivity index (χ1n) is 6.09. The third-order valence-corrected chi connectivity index (χ3v) is 5.02. The number of benzene rings is 1. The van der Waals surface area contributed by atoms with Crippen LogP contribution >= 0.6 is 35.1 Å². The van der Waals surface area contributed by atoms with Gasteiger partial charge in [0, 0.05) is 30.5 Å². The molecule has 6 heteroatoms. The summed E-state index contributed by atoms with van der Waals surface area (Å²) in [7, 11) is 1.73. The van der Waals surface area contributed by atoms with Gasteiger partial charge < -0.3 is 14.4 Å². The average Bonchev–Trinajstić information content (AvgIpc) is 2.79. The molecule has 0 spiro atoms. The summed E-state index contributed by atoms with van der Waals surface area (Å²) < 4.78 is 8.56. The van der Waals surface area contributed by atoms with Gasteiger partial charge in [-0.15, -0.1) is 0 Å². The first-order valence-corrected chi connectivity index (χ1v) is 7.73. The van der Waals surface area contributed by atoms with Gasteiger partial charge in [-0.25, -0.2) is 0 Å². The number of aromatic amines is 1. The van der Waals surface area contributed by atoms with E-state index < -0.39 is 0 Å². The van der Waals surface area contributed by atoms with Gasteiger partial charge in [-0.1, -0.05) is 23.2 Å². The van der Waals surface area contributed by atoms with Crippen LogP contribution in [0.3, 0.4) is 0 Å². The highest BCUT2D eigenvalue weighted by Crippen LogP contribution is 2.42. The molecule has 102 valence electrons. The molecule has 1 unspecified atom stereocenters. The lowest BCUT2D eigenvalue weighted by molar-refractivity contribution is 0.194. The summed E-state index contributed by atoms with van der Waals surface area (Å²) in [6.07, 6.45) is 3.79. The molecule has 1 atom stereocenters. The standard InChI is InChI=1S/C13H14Cl2N2OS/c1-18-3-2-8-4-7-5-9(14)11-10(15)6-16-13(11)12(7)17-19-8/h5-6,8,16-17H,2-4H2,1H3. The number of hydrogen-bond donors (Lipinski definition) is 2. The summed E-state index contributed by atoms with van der Waals surface area (Å²) in [6.45, 7) is 0.777. The van der Waals surface area contributed by atoms with Crippen molar-refractivity contribution in [2.75, 3.05) is 18.4 Å². The van der Waals surface area contributed by atoms with Crippen molar-refractivity contribution in [3.8, 4) is 0 Å². The number of rotatable bonds is 3. The van der Waals surface area contributed by atoms with E-state index in [4.69, 9.17) is 27.9 Å². The Kier molecular flexibility index (Phi) is 3.85. The van der Waals surface area contributed by atoms with Crippen molar-refractivity contribution in [1.29, 1.82) is 0 Å². The van der Waals surface area contributed by atoms with E-state index in [1.165, 1.54) is 5.56 Å². The molecule has 2 aromatic rings. The predicted octanol–water partition coefficient (Wildman–Crippen LogP) is 4.50. The fourth-order valence-electron chi connectivity index (χ4n) is 2.40. The van der Waals surface area contributed by atoms with Crippen LogP contribution in [0.1, 0.15) is 12.0 Å². The van der Waals surface area contributed by atoms with E-state index in [1.807, 2.05) is 6.07 Å². The Morgan fingerprint density at radius 2 is 2.26 bits per heavy atom. The largest absolute Gasteiger partial charge is 0.385 e. The fraction of sp³-hybridized carbons (Fsp3) is 0.385. The predicted molar refractivity (Wildman–Crippen MR) is 83.5 cm³/mol. The molecule has 3 rings (SSSR count). The first-order chi connectivity index (χ1) is 9.20. The maximum atomic E-state index is 6.33. The van der Waals surface area contributed by atoms with Crippen molar-refractivity contribution in [2.24, 2.45) is 0 Å². The van der Waals surface area contributed by atoms with E-state index >= 15 is 0 Å². The first kappa shape index (κ1) is 13.4. The van der Waals surface area contributed by atoms with E-state index in [1.54, 1.807) is 25.3 Å². The molecule has 0 radical (unpaired) electrons. The molecule has 1 aromatic heterocycles. The van der Waals surface area contributed by atoms with Crippen LogP contribution in [0.4, 0.5) is 5.69 Å². The van der Waals surface area contributed by atoms with Crippen molar-refractivity contribution in [3.63, 3.8) is 0 Å². The Labute approximate surface area is 126 Å². The number of anilines is 1. The second-order valence-corrected chi connectivity index (χ2v) is 6.53. The van der Waals surface area contributed by atoms with Gasteiger partial charge in [0.05, 0.1) is 21.2 Å². The molecule has 0 saturated heterocycles. The Morgan fingerprint density at radius 3 is 3.05 bits per heavy atom. The maximum Gasteiger partial charge on any atom is 0.0731 e. The minimum Gasteiger partial charge on any atom is -0.385 e. The molecule has 0 bridgehead atoms. The van der Waals surface area contributed by atoms with E-state index in [2.05, 4.69) is 9.71 Å². The molecule has 2 N–H and O–H groups in total. The van der Waals surface area contributed by atoms with Crippen LogP contribution in [0, 0.1) is 0 Å². The Balaban J connectivity index is 1.98. The Morgan fingerprint density at radius 1 is 1.42 bits per heavy atom. The highest BCUT2D eigenvalue weighted by atomic mass is 35.5. The van der Waals surface area contributed by atoms with Gasteiger partial charge in [-0.3, -0.25) is 0 Å². The van der Waals surface area contributed by atoms with E-state index in [0.717, 1.165) is 36.0 Å². The fourth-order valence-corrected chi connectivity index (χ4v) is 4.03. The SMILES string of the molecule is COCCC1Cc2cc(Cl)c3c(Cl)c[nH]c3c2NS1. The smallest absolute Gasteiger partial charge is 0.0731 e. The molecule has 0 fully saturated rings. The van der Waals surface area contributed by atoms with Crippen LogP contribution in [-0.2, 0) is 11.2 Å². The molecule has 0 amide bonds. The molecule has 2 heterocycles. The number of H-pyrrole nitrogens is 1. The van der Waals surface area contributed by atoms with Crippen LogP contribution in [0.25, 0.3) is 10.9 Å². The van der Waals surface area contributed by atoms with Crippen LogP contribution < -0.4 is 4.72 Å². The van der Waals surface area contributed by atoms with Crippen molar-refractivity contribution in [2.45, 2.75) is 18.1 Å². The lowest BCUT2D eigenvalue weighted by Crippen LogP contribution is -2.18. The van der Waals surface area contributed by atoms with Crippen molar-refractivity contribution >= 4 is 51.7 Å². The van der Waals surface area contributed by atoms with Crippen molar-refractivity contribution < 1.29 is 4.74 Å². The lowest BCUT2D eigenvalue weighted by atomic mass is 10.0. The topological polar surface area (TPSA) is 37.0 Å². The molecular formula is C13H14Cl2N2OS. The van der Waals surface area contributed by atoms with Gasteiger partial charge in [0.15, 0.2) is 0 Å². The number of methoxy groups -OCH3 is 1. The number of nitrogens with one attached hydrogen (secondary N) is 2. The summed E-state index contributed by atoms with van der Waals surface area (Å²) in [5.41, 5.74) is 3.33. The highest BCUT2D eigenvalue weighted by Gasteiger charge is 2.23. The molecule has 1 aliphatic heterocycles. The molecule has 1 aliphatic rings. The monoisotopic (exact) mass is 316 g/mol. The minimum absolute atomic E-state index is 0.506. The minimum atomic E-state index is 0.506. The van der Waals surface area contributed by atoms with E-state index in [9.17, 15) is 0 Å². The van der Waals surface area contributed by atoms with Gasteiger partial charge in [-0.2, -0.15) is 0 Å². The Hall–Kier alpha value is -0.550. The van der Waals surface area contributed by atoms with E-state index in [0.29, 0.717) is 15.3 Å². The average molecular weight is 317 g/mol. The van der Waals surface area contributed by atoms with Gasteiger partial charge >= 0.3 is 0 Å². The van der Waals surface area contributed by atoms with Gasteiger partial charge in [0.1, 0.15) is 0 Å². The molecule has 0 saturated carbocycles. The maximum absolute atomic E-state index is 6.33. The number of aromatic nitrogens is 1. The number of hydrogen-bond acceptors (Lipinski definition) is 3. The molecule has 0 aliphatic carbocycles. The number of fused-ring (bicyclic) bond motifs is 3. The Bertz CT molecular complexity index is 614. The number of halogens is 2. The van der Waals surface area contributed by atoms with E-state index in [-0.39, 0.29) is 0 Å². The summed E-state index contributed by atoms with van der Waals surface area (Å²) >= 11 is 14.2. The van der Waals surface area contributed by atoms with Gasteiger partial charge in [-0.05, 0) is 36.4 Å².